The van der Waals surface area contributed by atoms with Crippen LogP contribution in [0.3, 0.4) is 0 Å². The maximum absolute atomic E-state index is 9.25. The Balaban J connectivity index is 2.11. The van der Waals surface area contributed by atoms with Crippen LogP contribution >= 0.6 is 15.9 Å². The second kappa shape index (κ2) is 4.47. The maximum Gasteiger partial charge on any atom is 0.101 e. The van der Waals surface area contributed by atoms with Gasteiger partial charge in [-0.05, 0) is 36.2 Å². The fraction of sp³-hybridized carbons (Fsp3) is 0.133. The largest absolute Gasteiger partial charge is 0.340 e. The summed E-state index contributed by atoms with van der Waals surface area (Å²) in [6.07, 6.45) is 1.04. The van der Waals surface area contributed by atoms with Crippen molar-refractivity contribution in [1.82, 2.24) is 0 Å². The number of nitriles is 1. The van der Waals surface area contributed by atoms with Gasteiger partial charge in [-0.2, -0.15) is 5.26 Å². The molecule has 0 aromatic heterocycles. The smallest absolute Gasteiger partial charge is 0.101 e. The summed E-state index contributed by atoms with van der Waals surface area (Å²) in [6.45, 7) is 0.940. The Hall–Kier alpha value is -1.79. The van der Waals surface area contributed by atoms with Gasteiger partial charge in [-0.1, -0.05) is 34.1 Å². The third kappa shape index (κ3) is 1.79. The molecule has 2 aromatic rings. The number of hydrogen-bond donors (Lipinski definition) is 0. The van der Waals surface area contributed by atoms with E-state index in [9.17, 15) is 5.26 Å². The van der Waals surface area contributed by atoms with Crippen molar-refractivity contribution in [3.05, 3.63) is 58.1 Å². The molecule has 2 aromatic carbocycles. The fourth-order valence-electron chi connectivity index (χ4n) is 2.42. The lowest BCUT2D eigenvalue weighted by atomic mass is 10.1. The summed E-state index contributed by atoms with van der Waals surface area (Å²) >= 11 is 3.41. The van der Waals surface area contributed by atoms with Crippen LogP contribution in [0.2, 0.25) is 0 Å². The minimum atomic E-state index is 0.709. The minimum Gasteiger partial charge on any atom is -0.340 e. The molecule has 1 heterocycles. The van der Waals surface area contributed by atoms with Gasteiger partial charge >= 0.3 is 0 Å². The van der Waals surface area contributed by atoms with E-state index < -0.39 is 0 Å². The molecule has 0 N–H and O–H groups in total. The maximum atomic E-state index is 9.25. The second-order valence-corrected chi connectivity index (χ2v) is 5.22. The van der Waals surface area contributed by atoms with E-state index in [1.165, 1.54) is 11.3 Å². The van der Waals surface area contributed by atoms with E-state index in [2.05, 4.69) is 45.1 Å². The Morgan fingerprint density at radius 2 is 1.94 bits per heavy atom. The van der Waals surface area contributed by atoms with Crippen molar-refractivity contribution in [3.63, 3.8) is 0 Å². The third-order valence-electron chi connectivity index (χ3n) is 3.26. The molecule has 0 amide bonds. The van der Waals surface area contributed by atoms with Crippen LogP contribution in [-0.2, 0) is 6.42 Å². The molecule has 0 radical (unpaired) electrons. The van der Waals surface area contributed by atoms with Gasteiger partial charge in [0, 0.05) is 16.7 Å². The van der Waals surface area contributed by atoms with Crippen LogP contribution in [0.1, 0.15) is 11.1 Å². The molecule has 3 heteroatoms. The number of hydrogen-bond acceptors (Lipinski definition) is 2. The highest BCUT2D eigenvalue weighted by Crippen LogP contribution is 2.36. The molecule has 1 aliphatic heterocycles. The number of halogens is 1. The predicted octanol–water partition coefficient (Wildman–Crippen LogP) is 4.01. The van der Waals surface area contributed by atoms with Crippen molar-refractivity contribution in [2.75, 3.05) is 11.4 Å². The zero-order chi connectivity index (χ0) is 12.5. The number of anilines is 2. The first-order valence-electron chi connectivity index (χ1n) is 5.84. The zero-order valence-corrected chi connectivity index (χ0v) is 11.3. The van der Waals surface area contributed by atoms with E-state index in [0.717, 1.165) is 23.1 Å². The average Bonchev–Trinajstić information content (AvgIpc) is 2.82. The zero-order valence-electron chi connectivity index (χ0n) is 9.73. The number of fused-ring (bicyclic) bond motifs is 1. The van der Waals surface area contributed by atoms with Crippen molar-refractivity contribution in [2.24, 2.45) is 0 Å². The molecule has 0 spiro atoms. The van der Waals surface area contributed by atoms with Crippen molar-refractivity contribution in [1.29, 1.82) is 5.26 Å². The lowest BCUT2D eigenvalue weighted by Crippen LogP contribution is -2.14. The van der Waals surface area contributed by atoms with E-state index >= 15 is 0 Å². The van der Waals surface area contributed by atoms with E-state index in [4.69, 9.17) is 0 Å². The Bertz CT molecular complexity index is 643. The summed E-state index contributed by atoms with van der Waals surface area (Å²) in [4.78, 5) is 2.22. The number of benzene rings is 2. The molecule has 0 saturated carbocycles. The molecular weight excluding hydrogens is 288 g/mol. The number of para-hydroxylation sites is 1. The molecular formula is C15H11BrN2. The molecule has 0 atom stereocenters. The van der Waals surface area contributed by atoms with Crippen molar-refractivity contribution in [2.45, 2.75) is 6.42 Å². The first-order chi connectivity index (χ1) is 8.79. The Kier molecular flexibility index (Phi) is 2.81. The molecule has 0 saturated heterocycles. The topological polar surface area (TPSA) is 27.0 Å². The van der Waals surface area contributed by atoms with Crippen LogP contribution in [0.5, 0.6) is 0 Å². The number of nitrogens with zero attached hydrogens (tertiary/aromatic N) is 2. The van der Waals surface area contributed by atoms with Crippen LogP contribution in [0.25, 0.3) is 0 Å². The van der Waals surface area contributed by atoms with Crippen molar-refractivity contribution in [3.8, 4) is 6.07 Å². The normalized spacial score (nSPS) is 13.2. The highest BCUT2D eigenvalue weighted by Gasteiger charge is 2.21. The van der Waals surface area contributed by atoms with Crippen LogP contribution < -0.4 is 4.90 Å². The fourth-order valence-corrected chi connectivity index (χ4v) is 2.78. The van der Waals surface area contributed by atoms with Gasteiger partial charge in [0.2, 0.25) is 0 Å². The van der Waals surface area contributed by atoms with E-state index in [-0.39, 0.29) is 0 Å². The highest BCUT2D eigenvalue weighted by atomic mass is 79.9. The summed E-state index contributed by atoms with van der Waals surface area (Å²) in [6, 6.07) is 16.5. The summed E-state index contributed by atoms with van der Waals surface area (Å²) in [5.74, 6) is 0. The van der Waals surface area contributed by atoms with Gasteiger partial charge in [-0.3, -0.25) is 0 Å². The van der Waals surface area contributed by atoms with Gasteiger partial charge in [0.1, 0.15) is 6.07 Å². The summed E-state index contributed by atoms with van der Waals surface area (Å²) in [7, 11) is 0. The monoisotopic (exact) mass is 298 g/mol. The first kappa shape index (κ1) is 11.3. The highest BCUT2D eigenvalue weighted by molar-refractivity contribution is 9.10. The Labute approximate surface area is 115 Å². The average molecular weight is 299 g/mol. The first-order valence-corrected chi connectivity index (χ1v) is 6.64. The SMILES string of the molecule is N#Cc1cc(Br)ccc1N1CCc2ccccc21. The van der Waals surface area contributed by atoms with E-state index in [1.54, 1.807) is 0 Å². The van der Waals surface area contributed by atoms with Gasteiger partial charge in [0.05, 0.1) is 11.3 Å². The summed E-state index contributed by atoms with van der Waals surface area (Å²) in [5, 5.41) is 9.25. The van der Waals surface area contributed by atoms with E-state index in [1.807, 2.05) is 24.3 Å². The lowest BCUT2D eigenvalue weighted by Gasteiger charge is -2.20. The molecule has 2 nitrogen and oxygen atoms in total. The molecule has 1 aliphatic rings. The summed E-state index contributed by atoms with van der Waals surface area (Å²) < 4.78 is 0.940. The molecule has 0 aliphatic carbocycles. The van der Waals surface area contributed by atoms with Gasteiger partial charge in [0.15, 0.2) is 0 Å². The Morgan fingerprint density at radius 3 is 2.78 bits per heavy atom. The third-order valence-corrected chi connectivity index (χ3v) is 3.75. The molecule has 0 bridgehead atoms. The van der Waals surface area contributed by atoms with E-state index in [0.29, 0.717) is 5.56 Å². The quantitative estimate of drug-likeness (QED) is 0.795. The van der Waals surface area contributed by atoms with Gasteiger partial charge in [-0.25, -0.2) is 0 Å². The second-order valence-electron chi connectivity index (χ2n) is 4.30. The minimum absolute atomic E-state index is 0.709. The van der Waals surface area contributed by atoms with Crippen LogP contribution in [0.4, 0.5) is 11.4 Å². The van der Waals surface area contributed by atoms with Gasteiger partial charge in [0.25, 0.3) is 0 Å². The molecule has 88 valence electrons. The summed E-state index contributed by atoms with van der Waals surface area (Å²) in [5.41, 5.74) is 4.27. The molecule has 0 fully saturated rings. The van der Waals surface area contributed by atoms with Crippen molar-refractivity contribution < 1.29 is 0 Å². The van der Waals surface area contributed by atoms with Gasteiger partial charge in [-0.15, -0.1) is 0 Å². The van der Waals surface area contributed by atoms with Crippen molar-refractivity contribution >= 4 is 27.3 Å². The van der Waals surface area contributed by atoms with Crippen LogP contribution in [0, 0.1) is 11.3 Å². The standard InChI is InChI=1S/C15H11BrN2/c16-13-5-6-15(12(9-13)10-17)18-8-7-11-3-1-2-4-14(11)18/h1-6,9H,7-8H2. The predicted molar refractivity (Wildman–Crippen MR) is 76.0 cm³/mol. The number of rotatable bonds is 1. The molecule has 18 heavy (non-hydrogen) atoms. The van der Waals surface area contributed by atoms with Gasteiger partial charge < -0.3 is 4.90 Å². The lowest BCUT2D eigenvalue weighted by molar-refractivity contribution is 0.996. The Morgan fingerprint density at radius 1 is 1.11 bits per heavy atom. The molecule has 3 rings (SSSR count). The molecule has 0 unspecified atom stereocenters. The van der Waals surface area contributed by atoms with Crippen LogP contribution in [-0.4, -0.2) is 6.54 Å². The van der Waals surface area contributed by atoms with Crippen LogP contribution in [0.15, 0.2) is 46.9 Å².